The van der Waals surface area contributed by atoms with Crippen LogP contribution in [0.3, 0.4) is 0 Å². The SMILES string of the molecule is CC(C)c1cc(B(c2ccccc2)c2ccccc2)c2ccc3c(C(C)C)cc(B(c4ccccc4)c4ccccc4)c4ccc1c2c43. The smallest absolute Gasteiger partial charge is 0.0686 e. The van der Waals surface area contributed by atoms with Crippen molar-refractivity contribution < 1.29 is 0 Å². The van der Waals surface area contributed by atoms with Crippen molar-refractivity contribution in [2.45, 2.75) is 39.5 Å². The first kappa shape index (κ1) is 30.3. The Morgan fingerprint density at radius 1 is 0.333 bits per heavy atom. The van der Waals surface area contributed by atoms with Gasteiger partial charge >= 0.3 is 0 Å². The molecule has 0 atom stereocenters. The zero-order chi connectivity index (χ0) is 32.8. The highest BCUT2D eigenvalue weighted by Crippen LogP contribution is 2.39. The van der Waals surface area contributed by atoms with E-state index in [1.807, 2.05) is 0 Å². The summed E-state index contributed by atoms with van der Waals surface area (Å²) in [5.41, 5.74) is 10.9. The van der Waals surface area contributed by atoms with Gasteiger partial charge in [0.15, 0.2) is 0 Å². The van der Waals surface area contributed by atoms with Crippen LogP contribution < -0.4 is 32.8 Å². The Hall–Kier alpha value is -5.07. The lowest BCUT2D eigenvalue weighted by molar-refractivity contribution is 0.877. The quantitative estimate of drug-likeness (QED) is 0.121. The molecule has 0 saturated heterocycles. The lowest BCUT2D eigenvalue weighted by Crippen LogP contribution is -2.52. The summed E-state index contributed by atoms with van der Waals surface area (Å²) in [5.74, 6) is 0.761. The maximum absolute atomic E-state index is 2.53. The molecule has 8 aromatic carbocycles. The van der Waals surface area contributed by atoms with Crippen LogP contribution in [0.2, 0.25) is 0 Å². The summed E-state index contributed by atoms with van der Waals surface area (Å²) in [5, 5.41) is 8.29. The van der Waals surface area contributed by atoms with Crippen LogP contribution in [0.15, 0.2) is 158 Å². The predicted octanol–water partition coefficient (Wildman–Crippen LogP) is 7.86. The minimum atomic E-state index is 0.125. The van der Waals surface area contributed by atoms with Gasteiger partial charge in [0.2, 0.25) is 13.4 Å². The first-order valence-electron chi connectivity index (χ1n) is 17.5. The van der Waals surface area contributed by atoms with Crippen LogP contribution in [0.1, 0.15) is 50.7 Å². The fourth-order valence-corrected chi connectivity index (χ4v) is 8.22. The minimum absolute atomic E-state index is 0.125. The third-order valence-corrected chi connectivity index (χ3v) is 10.4. The van der Waals surface area contributed by atoms with Crippen molar-refractivity contribution in [3.05, 3.63) is 169 Å². The molecule has 0 bridgehead atoms. The van der Waals surface area contributed by atoms with Crippen LogP contribution in [0.4, 0.5) is 0 Å². The predicted molar refractivity (Wildman–Crippen MR) is 213 cm³/mol. The maximum Gasteiger partial charge on any atom is 0.242 e. The number of rotatable bonds is 8. The highest BCUT2D eigenvalue weighted by molar-refractivity contribution is 6.98. The average molecular weight is 614 g/mol. The van der Waals surface area contributed by atoms with E-state index in [4.69, 9.17) is 0 Å². The van der Waals surface area contributed by atoms with E-state index >= 15 is 0 Å². The van der Waals surface area contributed by atoms with Crippen molar-refractivity contribution in [3.8, 4) is 0 Å². The van der Waals surface area contributed by atoms with Gasteiger partial charge in [-0.15, -0.1) is 0 Å². The highest BCUT2D eigenvalue weighted by Gasteiger charge is 2.30. The van der Waals surface area contributed by atoms with Crippen LogP contribution in [-0.4, -0.2) is 13.4 Å². The Labute approximate surface area is 286 Å². The van der Waals surface area contributed by atoms with Crippen molar-refractivity contribution in [1.82, 2.24) is 0 Å². The second-order valence-corrected chi connectivity index (χ2v) is 14.0. The standard InChI is InChI=1S/C46H40B2/c1-31(2)41-29-43(47(33-17-9-5-10-18-33)34-19-11-6-12-20-34)39-28-26-38-42(32(3)4)30-44(40-27-25-37(41)45(39)46(38)40)48(35-21-13-7-14-22-35)36-23-15-8-16-24-36/h5-32H,1-4H3. The Bertz CT molecular complexity index is 2080. The normalized spacial score (nSPS) is 11.7. The van der Waals surface area contributed by atoms with Gasteiger partial charge < -0.3 is 0 Å². The molecule has 0 amide bonds. The van der Waals surface area contributed by atoms with Gasteiger partial charge in [-0.1, -0.05) is 218 Å². The summed E-state index contributed by atoms with van der Waals surface area (Å²) in [7, 11) is 0. The average Bonchev–Trinajstić information content (AvgIpc) is 3.13. The molecular weight excluding hydrogens is 574 g/mol. The Kier molecular flexibility index (Phi) is 7.89. The summed E-state index contributed by atoms with van der Waals surface area (Å²) >= 11 is 0. The summed E-state index contributed by atoms with van der Waals surface area (Å²) in [6.07, 6.45) is 0. The summed E-state index contributed by atoms with van der Waals surface area (Å²) in [6, 6.07) is 59.1. The molecule has 0 heterocycles. The van der Waals surface area contributed by atoms with E-state index in [2.05, 4.69) is 185 Å². The van der Waals surface area contributed by atoms with E-state index < -0.39 is 0 Å². The highest BCUT2D eigenvalue weighted by atomic mass is 14.2. The van der Waals surface area contributed by atoms with Crippen LogP contribution in [-0.2, 0) is 0 Å². The first-order chi connectivity index (χ1) is 23.5. The molecule has 8 aromatic rings. The van der Waals surface area contributed by atoms with Crippen molar-refractivity contribution in [1.29, 1.82) is 0 Å². The molecule has 2 heteroatoms. The van der Waals surface area contributed by atoms with Crippen LogP contribution in [0, 0.1) is 0 Å². The fourth-order valence-electron chi connectivity index (χ4n) is 8.22. The van der Waals surface area contributed by atoms with Crippen molar-refractivity contribution in [3.63, 3.8) is 0 Å². The van der Waals surface area contributed by atoms with Gasteiger partial charge in [0.1, 0.15) is 0 Å². The van der Waals surface area contributed by atoms with E-state index in [0.717, 1.165) is 0 Å². The van der Waals surface area contributed by atoms with E-state index in [-0.39, 0.29) is 13.4 Å². The van der Waals surface area contributed by atoms with Crippen molar-refractivity contribution in [2.24, 2.45) is 0 Å². The summed E-state index contributed by atoms with van der Waals surface area (Å²) in [4.78, 5) is 0. The third-order valence-electron chi connectivity index (χ3n) is 10.4. The molecule has 48 heavy (non-hydrogen) atoms. The molecule has 0 aromatic heterocycles. The van der Waals surface area contributed by atoms with Gasteiger partial charge in [0.05, 0.1) is 0 Å². The monoisotopic (exact) mass is 614 g/mol. The second-order valence-electron chi connectivity index (χ2n) is 14.0. The largest absolute Gasteiger partial charge is 0.242 e. The molecular formula is C46H40B2. The lowest BCUT2D eigenvalue weighted by atomic mass is 9.35. The van der Waals surface area contributed by atoms with E-state index in [9.17, 15) is 0 Å². The first-order valence-corrected chi connectivity index (χ1v) is 17.5. The van der Waals surface area contributed by atoms with Gasteiger partial charge in [0, 0.05) is 0 Å². The summed E-state index contributed by atoms with van der Waals surface area (Å²) < 4.78 is 0. The molecule has 0 aliphatic rings. The topological polar surface area (TPSA) is 0 Å². The molecule has 0 radical (unpaired) electrons. The van der Waals surface area contributed by atoms with E-state index in [0.29, 0.717) is 11.8 Å². The molecule has 0 saturated carbocycles. The lowest BCUT2D eigenvalue weighted by Gasteiger charge is -2.26. The van der Waals surface area contributed by atoms with Crippen LogP contribution in [0.25, 0.3) is 32.3 Å². The number of benzene rings is 8. The zero-order valence-corrected chi connectivity index (χ0v) is 28.3. The zero-order valence-electron chi connectivity index (χ0n) is 28.3. The van der Waals surface area contributed by atoms with Gasteiger partial charge in [-0.05, 0) is 55.3 Å². The minimum Gasteiger partial charge on any atom is -0.0686 e. The fraction of sp³-hybridized carbons (Fsp3) is 0.130. The molecule has 0 aliphatic carbocycles. The Morgan fingerprint density at radius 3 is 0.875 bits per heavy atom. The third kappa shape index (κ3) is 5.12. The summed E-state index contributed by atoms with van der Waals surface area (Å²) in [6.45, 7) is 9.65. The number of hydrogen-bond acceptors (Lipinski definition) is 0. The second kappa shape index (κ2) is 12.5. The van der Waals surface area contributed by atoms with Crippen molar-refractivity contribution in [2.75, 3.05) is 0 Å². The van der Waals surface area contributed by atoms with E-state index in [1.165, 1.54) is 76.2 Å². The molecule has 0 spiro atoms. The molecule has 230 valence electrons. The molecule has 0 nitrogen and oxygen atoms in total. The van der Waals surface area contributed by atoms with Crippen LogP contribution in [0.5, 0.6) is 0 Å². The van der Waals surface area contributed by atoms with Gasteiger partial charge in [-0.3, -0.25) is 0 Å². The molecule has 8 rings (SSSR count). The Balaban J connectivity index is 1.53. The van der Waals surface area contributed by atoms with Gasteiger partial charge in [0.25, 0.3) is 0 Å². The number of hydrogen-bond donors (Lipinski definition) is 0. The maximum atomic E-state index is 2.53. The van der Waals surface area contributed by atoms with E-state index in [1.54, 1.807) is 0 Å². The van der Waals surface area contributed by atoms with Gasteiger partial charge in [-0.2, -0.15) is 0 Å². The van der Waals surface area contributed by atoms with Crippen molar-refractivity contribution >= 4 is 78.5 Å². The molecule has 0 N–H and O–H groups in total. The van der Waals surface area contributed by atoms with Crippen LogP contribution >= 0.6 is 0 Å². The van der Waals surface area contributed by atoms with Gasteiger partial charge in [-0.25, -0.2) is 0 Å². The molecule has 0 unspecified atom stereocenters. The molecule has 0 aliphatic heterocycles. The Morgan fingerprint density at radius 2 is 0.604 bits per heavy atom. The molecule has 0 fully saturated rings.